The summed E-state index contributed by atoms with van der Waals surface area (Å²) in [6.07, 6.45) is 9.00. The Morgan fingerprint density at radius 2 is 2.06 bits per heavy atom. The highest BCUT2D eigenvalue weighted by atomic mass is 19.1. The van der Waals surface area contributed by atoms with Gasteiger partial charge in [0.1, 0.15) is 5.82 Å². The normalized spacial score (nSPS) is 12.6. The van der Waals surface area contributed by atoms with Crippen LogP contribution in [0.2, 0.25) is 0 Å². The van der Waals surface area contributed by atoms with Crippen LogP contribution in [0.4, 0.5) is 4.39 Å². The predicted molar refractivity (Wildman–Crippen MR) is 69.3 cm³/mol. The molecule has 0 fully saturated rings. The summed E-state index contributed by atoms with van der Waals surface area (Å²) >= 11 is 0. The summed E-state index contributed by atoms with van der Waals surface area (Å²) in [7, 11) is 0. The van der Waals surface area contributed by atoms with E-state index in [1.165, 1.54) is 38.3 Å². The van der Waals surface area contributed by atoms with Crippen LogP contribution < -0.4 is 5.32 Å². The summed E-state index contributed by atoms with van der Waals surface area (Å²) in [5.74, 6) is -0.259. The van der Waals surface area contributed by atoms with Gasteiger partial charge in [-0.15, -0.1) is 0 Å². The van der Waals surface area contributed by atoms with Crippen molar-refractivity contribution in [3.05, 3.63) is 29.8 Å². The highest BCUT2D eigenvalue weighted by Gasteiger charge is 2.06. The van der Waals surface area contributed by atoms with Gasteiger partial charge < -0.3 is 5.32 Å². The maximum atomic E-state index is 13.0. The molecule has 1 aromatic rings. The zero-order chi connectivity index (χ0) is 12.5. The lowest BCUT2D eigenvalue weighted by Crippen LogP contribution is -2.28. The zero-order valence-corrected chi connectivity index (χ0v) is 10.9. The molecule has 3 heteroatoms. The maximum absolute atomic E-state index is 13.0. The van der Waals surface area contributed by atoms with Gasteiger partial charge in [0.15, 0.2) is 0 Å². The standard InChI is InChI=1S/C14H23FN2/c1-3-5-7-14(6-4-2)17-10-12-8-13(15)11-16-9-12/h8-9,11,14,17H,3-7,10H2,1-2H3. The van der Waals surface area contributed by atoms with Crippen molar-refractivity contribution < 1.29 is 4.39 Å². The molecule has 1 rings (SSSR count). The second kappa shape index (κ2) is 8.18. The van der Waals surface area contributed by atoms with Crippen molar-refractivity contribution in [1.82, 2.24) is 10.3 Å². The number of pyridine rings is 1. The van der Waals surface area contributed by atoms with Gasteiger partial charge in [-0.3, -0.25) is 4.98 Å². The van der Waals surface area contributed by atoms with E-state index < -0.39 is 0 Å². The quantitative estimate of drug-likeness (QED) is 0.747. The van der Waals surface area contributed by atoms with Gasteiger partial charge in [-0.25, -0.2) is 4.39 Å². The molecule has 1 unspecified atom stereocenters. The number of nitrogens with zero attached hydrogens (tertiary/aromatic N) is 1. The summed E-state index contributed by atoms with van der Waals surface area (Å²) in [6, 6.07) is 2.09. The lowest BCUT2D eigenvalue weighted by Gasteiger charge is -2.17. The molecule has 0 aromatic carbocycles. The number of unbranched alkanes of at least 4 members (excludes halogenated alkanes) is 1. The highest BCUT2D eigenvalue weighted by molar-refractivity contribution is 5.09. The molecule has 0 aliphatic carbocycles. The highest BCUT2D eigenvalue weighted by Crippen LogP contribution is 2.08. The van der Waals surface area contributed by atoms with Crippen LogP contribution in [-0.4, -0.2) is 11.0 Å². The lowest BCUT2D eigenvalue weighted by atomic mass is 10.0. The third kappa shape index (κ3) is 5.78. The average molecular weight is 238 g/mol. The summed E-state index contributed by atoms with van der Waals surface area (Å²) in [4.78, 5) is 3.86. The van der Waals surface area contributed by atoms with Gasteiger partial charge in [-0.05, 0) is 24.5 Å². The van der Waals surface area contributed by atoms with Crippen LogP contribution in [0.3, 0.4) is 0 Å². The molecule has 17 heavy (non-hydrogen) atoms. The van der Waals surface area contributed by atoms with Crippen molar-refractivity contribution in [3.63, 3.8) is 0 Å². The monoisotopic (exact) mass is 238 g/mol. The molecule has 0 amide bonds. The van der Waals surface area contributed by atoms with Crippen LogP contribution >= 0.6 is 0 Å². The first-order chi connectivity index (χ1) is 8.26. The minimum Gasteiger partial charge on any atom is -0.310 e. The molecule has 0 aliphatic rings. The molecule has 0 bridgehead atoms. The van der Waals surface area contributed by atoms with Gasteiger partial charge in [0.2, 0.25) is 0 Å². The van der Waals surface area contributed by atoms with Crippen molar-refractivity contribution in [3.8, 4) is 0 Å². The van der Waals surface area contributed by atoms with Gasteiger partial charge in [0, 0.05) is 18.8 Å². The van der Waals surface area contributed by atoms with Gasteiger partial charge in [0.25, 0.3) is 0 Å². The Hall–Kier alpha value is -0.960. The first-order valence-electron chi connectivity index (χ1n) is 6.59. The fraction of sp³-hybridized carbons (Fsp3) is 0.643. The van der Waals surface area contributed by atoms with Crippen LogP contribution in [0.25, 0.3) is 0 Å². The minimum atomic E-state index is -0.259. The Morgan fingerprint density at radius 1 is 1.24 bits per heavy atom. The maximum Gasteiger partial charge on any atom is 0.141 e. The van der Waals surface area contributed by atoms with Crippen molar-refractivity contribution in [2.24, 2.45) is 0 Å². The van der Waals surface area contributed by atoms with E-state index in [1.54, 1.807) is 12.3 Å². The van der Waals surface area contributed by atoms with Crippen LogP contribution in [0.1, 0.15) is 51.5 Å². The number of hydrogen-bond donors (Lipinski definition) is 1. The van der Waals surface area contributed by atoms with E-state index in [0.717, 1.165) is 5.56 Å². The molecule has 2 nitrogen and oxygen atoms in total. The van der Waals surface area contributed by atoms with E-state index in [4.69, 9.17) is 0 Å². The summed E-state index contributed by atoms with van der Waals surface area (Å²) in [5, 5.41) is 3.49. The van der Waals surface area contributed by atoms with Gasteiger partial charge in [-0.2, -0.15) is 0 Å². The van der Waals surface area contributed by atoms with E-state index in [2.05, 4.69) is 24.1 Å². The van der Waals surface area contributed by atoms with Gasteiger partial charge in [0.05, 0.1) is 6.20 Å². The molecule has 0 saturated carbocycles. The van der Waals surface area contributed by atoms with Crippen LogP contribution in [0.15, 0.2) is 18.5 Å². The van der Waals surface area contributed by atoms with E-state index in [-0.39, 0.29) is 5.82 Å². The second-order valence-electron chi connectivity index (χ2n) is 4.52. The Kier molecular flexibility index (Phi) is 6.78. The predicted octanol–water partition coefficient (Wildman–Crippen LogP) is 3.67. The summed E-state index contributed by atoms with van der Waals surface area (Å²) < 4.78 is 13.0. The Labute approximate surface area is 104 Å². The van der Waals surface area contributed by atoms with Gasteiger partial charge in [-0.1, -0.05) is 33.1 Å². The van der Waals surface area contributed by atoms with E-state index >= 15 is 0 Å². The van der Waals surface area contributed by atoms with Crippen molar-refractivity contribution in [2.75, 3.05) is 0 Å². The lowest BCUT2D eigenvalue weighted by molar-refractivity contribution is 0.433. The minimum absolute atomic E-state index is 0.259. The third-order valence-corrected chi connectivity index (χ3v) is 2.90. The molecule has 0 aliphatic heterocycles. The molecule has 96 valence electrons. The third-order valence-electron chi connectivity index (χ3n) is 2.90. The zero-order valence-electron chi connectivity index (χ0n) is 10.9. The van der Waals surface area contributed by atoms with E-state index in [0.29, 0.717) is 12.6 Å². The van der Waals surface area contributed by atoms with Gasteiger partial charge >= 0.3 is 0 Å². The summed E-state index contributed by atoms with van der Waals surface area (Å²) in [6.45, 7) is 5.11. The fourth-order valence-corrected chi connectivity index (χ4v) is 1.96. The van der Waals surface area contributed by atoms with Crippen molar-refractivity contribution >= 4 is 0 Å². The number of rotatable bonds is 8. The Bertz CT molecular complexity index is 315. The smallest absolute Gasteiger partial charge is 0.141 e. The first-order valence-corrected chi connectivity index (χ1v) is 6.59. The SMILES string of the molecule is CCCCC(CCC)NCc1cncc(F)c1. The second-order valence-corrected chi connectivity index (χ2v) is 4.52. The van der Waals surface area contributed by atoms with Crippen molar-refractivity contribution in [2.45, 2.75) is 58.5 Å². The number of nitrogens with one attached hydrogen (secondary N) is 1. The molecule has 1 aromatic heterocycles. The summed E-state index contributed by atoms with van der Waals surface area (Å²) in [5.41, 5.74) is 0.919. The number of aromatic nitrogens is 1. The van der Waals surface area contributed by atoms with E-state index in [9.17, 15) is 4.39 Å². The molecule has 1 heterocycles. The molecular weight excluding hydrogens is 215 g/mol. The molecule has 1 atom stereocenters. The molecule has 0 radical (unpaired) electrons. The Morgan fingerprint density at radius 3 is 2.71 bits per heavy atom. The number of hydrogen-bond acceptors (Lipinski definition) is 2. The molecule has 0 spiro atoms. The Balaban J connectivity index is 2.39. The van der Waals surface area contributed by atoms with Crippen LogP contribution in [0, 0.1) is 5.82 Å². The molecule has 1 N–H and O–H groups in total. The topological polar surface area (TPSA) is 24.9 Å². The fourth-order valence-electron chi connectivity index (χ4n) is 1.96. The largest absolute Gasteiger partial charge is 0.310 e. The first kappa shape index (κ1) is 14.1. The molecular formula is C14H23FN2. The van der Waals surface area contributed by atoms with Crippen molar-refractivity contribution in [1.29, 1.82) is 0 Å². The molecule has 0 saturated heterocycles. The van der Waals surface area contributed by atoms with Crippen LogP contribution in [0.5, 0.6) is 0 Å². The number of halogens is 1. The van der Waals surface area contributed by atoms with Crippen LogP contribution in [-0.2, 0) is 6.54 Å². The van der Waals surface area contributed by atoms with E-state index in [1.807, 2.05) is 0 Å². The average Bonchev–Trinajstić information content (AvgIpc) is 2.33.